The molecule has 136 valence electrons. The van der Waals surface area contributed by atoms with Gasteiger partial charge in [-0.1, -0.05) is 0 Å². The predicted octanol–water partition coefficient (Wildman–Crippen LogP) is -0.00830. The van der Waals surface area contributed by atoms with E-state index in [0.29, 0.717) is 25.4 Å². The van der Waals surface area contributed by atoms with Crippen LogP contribution in [0, 0.1) is 0 Å². The van der Waals surface area contributed by atoms with E-state index in [4.69, 9.17) is 9.47 Å². The quantitative estimate of drug-likeness (QED) is 0.727. The van der Waals surface area contributed by atoms with Gasteiger partial charge in [-0.05, 0) is 32.7 Å². The molecule has 0 aromatic heterocycles. The van der Waals surface area contributed by atoms with E-state index in [-0.39, 0.29) is 30.0 Å². The minimum atomic E-state index is -0.189. The molecule has 1 amide bonds. The maximum Gasteiger partial charge on any atom is 0.305 e. The van der Waals surface area contributed by atoms with Crippen molar-refractivity contribution in [2.45, 2.75) is 56.3 Å². The van der Waals surface area contributed by atoms with Crippen molar-refractivity contribution in [3.05, 3.63) is 0 Å². The Hall–Kier alpha value is -1.18. The average Bonchev–Trinajstić information content (AvgIpc) is 3.02. The van der Waals surface area contributed by atoms with Crippen molar-refractivity contribution in [1.29, 1.82) is 0 Å². The number of hydrogen-bond acceptors (Lipinski definition) is 6. The van der Waals surface area contributed by atoms with E-state index in [1.54, 1.807) is 0 Å². The number of amides is 1. The standard InChI is InChI=1S/C17H29N3O4/c1-19-13(3-4-15(21)23-2)11-18-17(22)16-14(19)5-8-20(16)12-6-9-24-10-7-12/h12-14,16H,3-11H2,1-2H3,(H,18,22). The molecule has 0 aliphatic carbocycles. The minimum absolute atomic E-state index is 0.0822. The van der Waals surface area contributed by atoms with Gasteiger partial charge in [0, 0.05) is 50.8 Å². The van der Waals surface area contributed by atoms with Crippen LogP contribution >= 0.6 is 0 Å². The van der Waals surface area contributed by atoms with Crippen LogP contribution in [0.1, 0.15) is 32.1 Å². The molecule has 0 bridgehead atoms. The number of methoxy groups -OCH3 is 1. The molecule has 3 unspecified atom stereocenters. The van der Waals surface area contributed by atoms with E-state index < -0.39 is 0 Å². The molecule has 0 aromatic rings. The second-order valence-corrected chi connectivity index (χ2v) is 7.06. The Balaban J connectivity index is 1.68. The van der Waals surface area contributed by atoms with Crippen molar-refractivity contribution in [3.8, 4) is 0 Å². The van der Waals surface area contributed by atoms with E-state index in [9.17, 15) is 9.59 Å². The van der Waals surface area contributed by atoms with E-state index in [1.165, 1.54) is 7.11 Å². The number of likely N-dealkylation sites (tertiary alicyclic amines) is 1. The molecule has 1 N–H and O–H groups in total. The van der Waals surface area contributed by atoms with Crippen LogP contribution in [0.25, 0.3) is 0 Å². The molecule has 7 heteroatoms. The van der Waals surface area contributed by atoms with Gasteiger partial charge in [0.05, 0.1) is 7.11 Å². The highest BCUT2D eigenvalue weighted by atomic mass is 16.5. The molecule has 3 aliphatic rings. The highest BCUT2D eigenvalue weighted by Crippen LogP contribution is 2.31. The van der Waals surface area contributed by atoms with Gasteiger partial charge in [-0.3, -0.25) is 19.4 Å². The Labute approximate surface area is 143 Å². The lowest BCUT2D eigenvalue weighted by atomic mass is 10.0. The van der Waals surface area contributed by atoms with E-state index in [0.717, 1.165) is 39.0 Å². The lowest BCUT2D eigenvalue weighted by Crippen LogP contribution is -2.53. The Bertz CT molecular complexity index is 467. The molecule has 0 aromatic carbocycles. The SMILES string of the molecule is COC(=O)CCC1CNC(=O)C2C(CCN2C2CCOCC2)N1C. The Kier molecular flexibility index (Phi) is 5.73. The maximum absolute atomic E-state index is 12.7. The Morgan fingerprint density at radius 1 is 1.33 bits per heavy atom. The first kappa shape index (κ1) is 17.6. The first-order valence-electron chi connectivity index (χ1n) is 9.01. The van der Waals surface area contributed by atoms with Gasteiger partial charge in [-0.15, -0.1) is 0 Å². The van der Waals surface area contributed by atoms with E-state index >= 15 is 0 Å². The number of carbonyl (C=O) groups excluding carboxylic acids is 2. The molecule has 3 heterocycles. The van der Waals surface area contributed by atoms with Crippen LogP contribution in [-0.2, 0) is 19.1 Å². The fourth-order valence-corrected chi connectivity index (χ4v) is 4.41. The Morgan fingerprint density at radius 2 is 2.08 bits per heavy atom. The topological polar surface area (TPSA) is 71.1 Å². The van der Waals surface area contributed by atoms with Crippen molar-refractivity contribution < 1.29 is 19.1 Å². The van der Waals surface area contributed by atoms with Crippen LogP contribution in [0.2, 0.25) is 0 Å². The summed E-state index contributed by atoms with van der Waals surface area (Å²) >= 11 is 0. The number of nitrogens with zero attached hydrogens (tertiary/aromatic N) is 2. The highest BCUT2D eigenvalue weighted by Gasteiger charge is 2.47. The van der Waals surface area contributed by atoms with E-state index in [2.05, 4.69) is 22.2 Å². The molecule has 3 rings (SSSR count). The molecule has 3 saturated heterocycles. The third-order valence-electron chi connectivity index (χ3n) is 5.85. The first-order valence-corrected chi connectivity index (χ1v) is 9.01. The number of ether oxygens (including phenoxy) is 2. The average molecular weight is 339 g/mol. The number of nitrogens with one attached hydrogen (secondary N) is 1. The van der Waals surface area contributed by atoms with Gasteiger partial charge in [0.1, 0.15) is 6.04 Å². The zero-order valence-electron chi connectivity index (χ0n) is 14.7. The molecule has 0 radical (unpaired) electrons. The second-order valence-electron chi connectivity index (χ2n) is 7.06. The van der Waals surface area contributed by atoms with Crippen molar-refractivity contribution in [3.63, 3.8) is 0 Å². The molecular formula is C17H29N3O4. The Morgan fingerprint density at radius 3 is 2.79 bits per heavy atom. The van der Waals surface area contributed by atoms with Gasteiger partial charge in [-0.25, -0.2) is 0 Å². The highest BCUT2D eigenvalue weighted by molar-refractivity contribution is 5.83. The lowest BCUT2D eigenvalue weighted by molar-refractivity contribution is -0.141. The molecular weight excluding hydrogens is 310 g/mol. The molecule has 3 atom stereocenters. The summed E-state index contributed by atoms with van der Waals surface area (Å²) in [6.07, 6.45) is 4.12. The predicted molar refractivity (Wildman–Crippen MR) is 88.6 cm³/mol. The zero-order valence-corrected chi connectivity index (χ0v) is 14.7. The summed E-state index contributed by atoms with van der Waals surface area (Å²) in [7, 11) is 3.51. The number of fused-ring (bicyclic) bond motifs is 1. The van der Waals surface area contributed by atoms with E-state index in [1.807, 2.05) is 0 Å². The number of likely N-dealkylation sites (N-methyl/N-ethyl adjacent to an activating group) is 1. The van der Waals surface area contributed by atoms with Gasteiger partial charge >= 0.3 is 5.97 Å². The summed E-state index contributed by atoms with van der Waals surface area (Å²) in [4.78, 5) is 28.9. The molecule has 7 nitrogen and oxygen atoms in total. The van der Waals surface area contributed by atoms with Crippen LogP contribution in [-0.4, -0.2) is 86.3 Å². The van der Waals surface area contributed by atoms with Crippen molar-refractivity contribution in [1.82, 2.24) is 15.1 Å². The van der Waals surface area contributed by atoms with Crippen LogP contribution in [0.4, 0.5) is 0 Å². The van der Waals surface area contributed by atoms with Crippen LogP contribution in [0.15, 0.2) is 0 Å². The summed E-state index contributed by atoms with van der Waals surface area (Å²) in [6, 6.07) is 0.761. The zero-order chi connectivity index (χ0) is 17.1. The monoisotopic (exact) mass is 339 g/mol. The van der Waals surface area contributed by atoms with Crippen LogP contribution in [0.5, 0.6) is 0 Å². The van der Waals surface area contributed by atoms with Crippen molar-refractivity contribution in [2.75, 3.05) is 40.5 Å². The minimum Gasteiger partial charge on any atom is -0.469 e. The van der Waals surface area contributed by atoms with Gasteiger partial charge in [-0.2, -0.15) is 0 Å². The molecule has 24 heavy (non-hydrogen) atoms. The molecule has 0 spiro atoms. The summed E-state index contributed by atoms with van der Waals surface area (Å²) < 4.78 is 10.2. The van der Waals surface area contributed by atoms with Gasteiger partial charge in [0.15, 0.2) is 0 Å². The normalized spacial score (nSPS) is 32.9. The fourth-order valence-electron chi connectivity index (χ4n) is 4.41. The molecule has 0 saturated carbocycles. The largest absolute Gasteiger partial charge is 0.469 e. The second kappa shape index (κ2) is 7.80. The smallest absolute Gasteiger partial charge is 0.305 e. The summed E-state index contributed by atoms with van der Waals surface area (Å²) in [5.41, 5.74) is 0. The van der Waals surface area contributed by atoms with Crippen molar-refractivity contribution in [2.24, 2.45) is 0 Å². The van der Waals surface area contributed by atoms with Gasteiger partial charge in [0.2, 0.25) is 5.91 Å². The number of carbonyl (C=O) groups is 2. The lowest BCUT2D eigenvalue weighted by Gasteiger charge is -2.37. The van der Waals surface area contributed by atoms with Crippen molar-refractivity contribution >= 4 is 11.9 Å². The third kappa shape index (κ3) is 3.58. The summed E-state index contributed by atoms with van der Waals surface area (Å²) in [6.45, 7) is 3.14. The first-order chi connectivity index (χ1) is 11.6. The van der Waals surface area contributed by atoms with Crippen LogP contribution in [0.3, 0.4) is 0 Å². The maximum atomic E-state index is 12.7. The van der Waals surface area contributed by atoms with Gasteiger partial charge < -0.3 is 14.8 Å². The summed E-state index contributed by atoms with van der Waals surface area (Å²) in [5.74, 6) is -0.0535. The third-order valence-corrected chi connectivity index (χ3v) is 5.85. The molecule has 3 aliphatic heterocycles. The van der Waals surface area contributed by atoms with Gasteiger partial charge in [0.25, 0.3) is 0 Å². The van der Waals surface area contributed by atoms with Crippen LogP contribution < -0.4 is 5.32 Å². The number of esters is 1. The fraction of sp³-hybridized carbons (Fsp3) is 0.882. The number of rotatable bonds is 4. The molecule has 3 fully saturated rings. The number of hydrogen-bond donors (Lipinski definition) is 1. The summed E-state index contributed by atoms with van der Waals surface area (Å²) in [5, 5.41) is 3.10.